The third kappa shape index (κ3) is 2.78. The second-order valence-corrected chi connectivity index (χ2v) is 6.60. The number of carbonyl (C=O) groups excluding carboxylic acids is 1. The average Bonchev–Trinajstić information content (AvgIpc) is 2.56. The summed E-state index contributed by atoms with van der Waals surface area (Å²) in [6, 6.07) is 16.2. The van der Waals surface area contributed by atoms with Crippen LogP contribution in [0, 0.1) is 0 Å². The van der Waals surface area contributed by atoms with Gasteiger partial charge in [0.15, 0.2) is 0 Å². The van der Waals surface area contributed by atoms with E-state index in [0.717, 1.165) is 24.1 Å². The molecule has 2 nitrogen and oxygen atoms in total. The van der Waals surface area contributed by atoms with Gasteiger partial charge in [-0.15, -0.1) is 0 Å². The molecule has 0 heterocycles. The zero-order valence-electron chi connectivity index (χ0n) is 13.4. The molecule has 0 fully saturated rings. The molecule has 1 aliphatic carbocycles. The third-order valence-corrected chi connectivity index (χ3v) is 4.71. The number of fused-ring (bicyclic) bond motifs is 1. The smallest absolute Gasteiger partial charge is 0.234 e. The van der Waals surface area contributed by atoms with E-state index < -0.39 is 5.41 Å². The zero-order chi connectivity index (χ0) is 15.6. The van der Waals surface area contributed by atoms with E-state index in [1.165, 1.54) is 24.0 Å². The van der Waals surface area contributed by atoms with Crippen LogP contribution in [0.5, 0.6) is 0 Å². The van der Waals surface area contributed by atoms with E-state index in [1.54, 1.807) is 0 Å². The Bertz CT molecular complexity index is 673. The van der Waals surface area contributed by atoms with Crippen molar-refractivity contribution in [2.45, 2.75) is 44.9 Å². The predicted octanol–water partition coefficient (Wildman–Crippen LogP) is 4.48. The maximum absolute atomic E-state index is 12.8. The van der Waals surface area contributed by atoms with Crippen LogP contribution >= 0.6 is 0 Å². The van der Waals surface area contributed by atoms with Crippen LogP contribution in [0.25, 0.3) is 0 Å². The Hall–Kier alpha value is -2.09. The van der Waals surface area contributed by atoms with Gasteiger partial charge in [-0.2, -0.15) is 0 Å². The van der Waals surface area contributed by atoms with Crippen molar-refractivity contribution in [3.8, 4) is 0 Å². The van der Waals surface area contributed by atoms with Gasteiger partial charge in [0.25, 0.3) is 0 Å². The summed E-state index contributed by atoms with van der Waals surface area (Å²) in [5.74, 6) is 0.0534. The SMILES string of the molecule is CC(C)(C(=O)Nc1cccc2c1CCCC2)c1ccccc1. The second-order valence-electron chi connectivity index (χ2n) is 6.60. The summed E-state index contributed by atoms with van der Waals surface area (Å²) >= 11 is 0. The van der Waals surface area contributed by atoms with E-state index in [2.05, 4.69) is 17.4 Å². The van der Waals surface area contributed by atoms with Gasteiger partial charge in [0.1, 0.15) is 0 Å². The Morgan fingerprint density at radius 2 is 1.68 bits per heavy atom. The first-order chi connectivity index (χ1) is 10.6. The normalized spacial score (nSPS) is 14.3. The van der Waals surface area contributed by atoms with Crippen LogP contribution in [0.15, 0.2) is 48.5 Å². The van der Waals surface area contributed by atoms with Crippen molar-refractivity contribution in [3.05, 3.63) is 65.2 Å². The van der Waals surface area contributed by atoms with Gasteiger partial charge in [0.2, 0.25) is 5.91 Å². The van der Waals surface area contributed by atoms with Crippen molar-refractivity contribution in [1.29, 1.82) is 0 Å². The predicted molar refractivity (Wildman–Crippen MR) is 91.2 cm³/mol. The number of aryl methyl sites for hydroxylation is 1. The summed E-state index contributed by atoms with van der Waals surface area (Å²) in [7, 11) is 0. The highest BCUT2D eigenvalue weighted by Crippen LogP contribution is 2.30. The summed E-state index contributed by atoms with van der Waals surface area (Å²) in [6.45, 7) is 3.96. The van der Waals surface area contributed by atoms with Crippen molar-refractivity contribution < 1.29 is 4.79 Å². The molecule has 0 aliphatic heterocycles. The average molecular weight is 293 g/mol. The lowest BCUT2D eigenvalue weighted by molar-refractivity contribution is -0.120. The van der Waals surface area contributed by atoms with Crippen LogP contribution in [0.1, 0.15) is 43.4 Å². The van der Waals surface area contributed by atoms with E-state index in [9.17, 15) is 4.79 Å². The number of anilines is 1. The molecule has 2 heteroatoms. The fraction of sp³-hybridized carbons (Fsp3) is 0.350. The maximum Gasteiger partial charge on any atom is 0.234 e. The fourth-order valence-electron chi connectivity index (χ4n) is 3.16. The molecule has 114 valence electrons. The molecule has 22 heavy (non-hydrogen) atoms. The minimum absolute atomic E-state index is 0.0534. The number of hydrogen-bond donors (Lipinski definition) is 1. The molecule has 0 atom stereocenters. The van der Waals surface area contributed by atoms with Crippen LogP contribution in [0.3, 0.4) is 0 Å². The lowest BCUT2D eigenvalue weighted by atomic mass is 9.83. The molecule has 0 aromatic heterocycles. The quantitative estimate of drug-likeness (QED) is 0.888. The summed E-state index contributed by atoms with van der Waals surface area (Å²) in [5.41, 5.74) is 4.20. The summed E-state index contributed by atoms with van der Waals surface area (Å²) in [5, 5.41) is 3.17. The van der Waals surface area contributed by atoms with Crippen molar-refractivity contribution in [2.75, 3.05) is 5.32 Å². The molecule has 3 rings (SSSR count). The number of carbonyl (C=O) groups is 1. The largest absolute Gasteiger partial charge is 0.325 e. The van der Waals surface area contributed by atoms with Crippen LogP contribution in [0.4, 0.5) is 5.69 Å². The summed E-state index contributed by atoms with van der Waals surface area (Å²) in [6.07, 6.45) is 4.65. The highest BCUT2D eigenvalue weighted by Gasteiger charge is 2.30. The van der Waals surface area contributed by atoms with Crippen molar-refractivity contribution in [1.82, 2.24) is 0 Å². The molecule has 0 spiro atoms. The Labute approximate surface area is 132 Å². The summed E-state index contributed by atoms with van der Waals surface area (Å²) in [4.78, 5) is 12.8. The van der Waals surface area contributed by atoms with Crippen molar-refractivity contribution >= 4 is 11.6 Å². The van der Waals surface area contributed by atoms with Gasteiger partial charge >= 0.3 is 0 Å². The minimum Gasteiger partial charge on any atom is -0.325 e. The van der Waals surface area contributed by atoms with Crippen LogP contribution in [-0.4, -0.2) is 5.91 Å². The Kier molecular flexibility index (Phi) is 4.02. The lowest BCUT2D eigenvalue weighted by Crippen LogP contribution is -2.35. The van der Waals surface area contributed by atoms with E-state index >= 15 is 0 Å². The van der Waals surface area contributed by atoms with E-state index in [-0.39, 0.29) is 5.91 Å². The van der Waals surface area contributed by atoms with Gasteiger partial charge in [-0.25, -0.2) is 0 Å². The highest BCUT2D eigenvalue weighted by molar-refractivity contribution is 5.99. The molecule has 0 saturated heterocycles. The van der Waals surface area contributed by atoms with E-state index in [0.29, 0.717) is 0 Å². The van der Waals surface area contributed by atoms with E-state index in [4.69, 9.17) is 0 Å². The number of hydrogen-bond acceptors (Lipinski definition) is 1. The second kappa shape index (κ2) is 5.96. The van der Waals surface area contributed by atoms with E-state index in [1.807, 2.05) is 50.2 Å². The Balaban J connectivity index is 1.86. The van der Waals surface area contributed by atoms with Crippen molar-refractivity contribution in [3.63, 3.8) is 0 Å². The van der Waals surface area contributed by atoms with Crippen molar-refractivity contribution in [2.24, 2.45) is 0 Å². The maximum atomic E-state index is 12.8. The first-order valence-corrected chi connectivity index (χ1v) is 8.07. The Morgan fingerprint density at radius 3 is 2.45 bits per heavy atom. The van der Waals surface area contributed by atoms with Gasteiger partial charge < -0.3 is 5.32 Å². The molecule has 0 unspecified atom stereocenters. The number of benzene rings is 2. The molecular formula is C20H23NO. The first-order valence-electron chi connectivity index (χ1n) is 8.07. The highest BCUT2D eigenvalue weighted by atomic mass is 16.2. The van der Waals surface area contributed by atoms with Gasteiger partial charge in [0, 0.05) is 5.69 Å². The molecule has 0 radical (unpaired) electrons. The molecule has 2 aromatic rings. The lowest BCUT2D eigenvalue weighted by Gasteiger charge is -2.26. The zero-order valence-corrected chi connectivity index (χ0v) is 13.4. The Morgan fingerprint density at radius 1 is 0.955 bits per heavy atom. The molecule has 1 aliphatic rings. The van der Waals surface area contributed by atoms with Crippen LogP contribution in [0.2, 0.25) is 0 Å². The van der Waals surface area contributed by atoms with Gasteiger partial charge in [-0.05, 0) is 62.3 Å². The van der Waals surface area contributed by atoms with Gasteiger partial charge in [-0.3, -0.25) is 4.79 Å². The standard InChI is InChI=1S/C20H23NO/c1-20(2,16-11-4-3-5-12-16)19(22)21-18-14-8-10-15-9-6-7-13-17(15)18/h3-5,8,10-12,14H,6-7,9,13H2,1-2H3,(H,21,22). The number of nitrogens with one attached hydrogen (secondary N) is 1. The topological polar surface area (TPSA) is 29.1 Å². The first kappa shape index (κ1) is 14.8. The minimum atomic E-state index is -0.543. The molecular weight excluding hydrogens is 270 g/mol. The monoisotopic (exact) mass is 293 g/mol. The molecule has 0 bridgehead atoms. The molecule has 2 aromatic carbocycles. The van der Waals surface area contributed by atoms with Crippen LogP contribution in [-0.2, 0) is 23.1 Å². The number of rotatable bonds is 3. The third-order valence-electron chi connectivity index (χ3n) is 4.71. The van der Waals surface area contributed by atoms with Crippen LogP contribution < -0.4 is 5.32 Å². The number of amides is 1. The fourth-order valence-corrected chi connectivity index (χ4v) is 3.16. The van der Waals surface area contributed by atoms with Gasteiger partial charge in [0.05, 0.1) is 5.41 Å². The molecule has 1 N–H and O–H groups in total. The molecule has 1 amide bonds. The molecule has 0 saturated carbocycles. The summed E-state index contributed by atoms with van der Waals surface area (Å²) < 4.78 is 0. The van der Waals surface area contributed by atoms with Gasteiger partial charge in [-0.1, -0.05) is 42.5 Å².